The number of rotatable bonds is 6. The highest BCUT2D eigenvalue weighted by atomic mass is 32.2. The zero-order valence-corrected chi connectivity index (χ0v) is 16.2. The molecule has 2 aromatic rings. The van der Waals surface area contributed by atoms with Crippen molar-refractivity contribution in [3.8, 4) is 11.5 Å². The zero-order chi connectivity index (χ0) is 18.5. The summed E-state index contributed by atoms with van der Waals surface area (Å²) in [5.41, 5.74) is 1.95. The van der Waals surface area contributed by atoms with Crippen molar-refractivity contribution in [3.05, 3.63) is 48.0 Å². The van der Waals surface area contributed by atoms with E-state index >= 15 is 0 Å². The van der Waals surface area contributed by atoms with Gasteiger partial charge in [-0.2, -0.15) is 0 Å². The van der Waals surface area contributed by atoms with Crippen molar-refractivity contribution < 1.29 is 19.2 Å². The maximum Gasteiger partial charge on any atom is 0.282 e. The van der Waals surface area contributed by atoms with Crippen LogP contribution in [-0.4, -0.2) is 38.5 Å². The Labute approximate surface area is 158 Å². The van der Waals surface area contributed by atoms with Crippen LogP contribution >= 0.6 is 11.8 Å². The average molecular weight is 373 g/mol. The van der Waals surface area contributed by atoms with Crippen LogP contribution in [0.1, 0.15) is 12.5 Å². The number of likely N-dealkylation sites (N-methyl/N-ethyl adjacent to an activating group) is 1. The van der Waals surface area contributed by atoms with Crippen molar-refractivity contribution in [3.63, 3.8) is 0 Å². The van der Waals surface area contributed by atoms with Crippen molar-refractivity contribution >= 4 is 23.4 Å². The quantitative estimate of drug-likeness (QED) is 0.763. The van der Waals surface area contributed by atoms with Crippen LogP contribution in [0.4, 0.5) is 5.69 Å². The van der Waals surface area contributed by atoms with Crippen molar-refractivity contribution in [1.82, 2.24) is 0 Å². The van der Waals surface area contributed by atoms with E-state index in [4.69, 9.17) is 9.47 Å². The Bertz CT molecular complexity index is 764. The third kappa shape index (κ3) is 4.51. The first-order valence-electron chi connectivity index (χ1n) is 8.72. The molecule has 5 nitrogen and oxygen atoms in total. The van der Waals surface area contributed by atoms with Crippen molar-refractivity contribution in [2.45, 2.75) is 24.4 Å². The highest BCUT2D eigenvalue weighted by Crippen LogP contribution is 2.32. The minimum absolute atomic E-state index is 0.0140. The third-order valence-corrected chi connectivity index (χ3v) is 5.33. The van der Waals surface area contributed by atoms with Crippen LogP contribution in [0.25, 0.3) is 0 Å². The van der Waals surface area contributed by atoms with Crippen LogP contribution in [0.3, 0.4) is 0 Å². The zero-order valence-electron chi connectivity index (χ0n) is 15.4. The van der Waals surface area contributed by atoms with Crippen molar-refractivity contribution in [2.24, 2.45) is 0 Å². The molecule has 1 aliphatic heterocycles. The SMILES string of the molecule is CSc1ccc(C[NH+](C)[C@@H](C)C(=O)Nc2ccc3c(c2)OCCO3)cc1. The molecule has 2 N–H and O–H groups in total. The smallest absolute Gasteiger partial charge is 0.282 e. The first-order valence-corrected chi connectivity index (χ1v) is 9.95. The molecule has 0 spiro atoms. The summed E-state index contributed by atoms with van der Waals surface area (Å²) in [4.78, 5) is 15.0. The first-order chi connectivity index (χ1) is 12.6. The summed E-state index contributed by atoms with van der Waals surface area (Å²) in [6.45, 7) is 3.83. The van der Waals surface area contributed by atoms with Crippen molar-refractivity contribution in [1.29, 1.82) is 0 Å². The molecule has 2 atom stereocenters. The maximum absolute atomic E-state index is 12.6. The fourth-order valence-corrected chi connectivity index (χ4v) is 3.22. The van der Waals surface area contributed by atoms with Gasteiger partial charge >= 0.3 is 0 Å². The summed E-state index contributed by atoms with van der Waals surface area (Å²) >= 11 is 1.73. The molecule has 1 aliphatic rings. The van der Waals surface area contributed by atoms with Gasteiger partial charge in [0, 0.05) is 22.2 Å². The van der Waals surface area contributed by atoms with E-state index in [0.29, 0.717) is 19.0 Å². The lowest BCUT2D eigenvalue weighted by molar-refractivity contribution is -0.907. The van der Waals surface area contributed by atoms with E-state index in [2.05, 4.69) is 35.8 Å². The normalized spacial score (nSPS) is 15.2. The van der Waals surface area contributed by atoms with Gasteiger partial charge in [-0.25, -0.2) is 0 Å². The fourth-order valence-electron chi connectivity index (χ4n) is 2.81. The summed E-state index contributed by atoms with van der Waals surface area (Å²) in [5, 5.41) is 2.98. The minimum atomic E-state index is -0.177. The maximum atomic E-state index is 12.6. The first kappa shape index (κ1) is 18.6. The summed E-state index contributed by atoms with van der Waals surface area (Å²) in [6.07, 6.45) is 2.07. The summed E-state index contributed by atoms with van der Waals surface area (Å²) in [7, 11) is 2.04. The molecule has 1 heterocycles. The number of anilines is 1. The number of benzene rings is 2. The lowest BCUT2D eigenvalue weighted by atomic mass is 10.2. The van der Waals surface area contributed by atoms with Crippen LogP contribution in [0.5, 0.6) is 11.5 Å². The number of hydrogen-bond donors (Lipinski definition) is 2. The number of fused-ring (bicyclic) bond motifs is 1. The fraction of sp³-hybridized carbons (Fsp3) is 0.350. The molecule has 0 fully saturated rings. The van der Waals surface area contributed by atoms with E-state index in [-0.39, 0.29) is 11.9 Å². The Morgan fingerprint density at radius 3 is 2.54 bits per heavy atom. The van der Waals surface area contributed by atoms with Gasteiger partial charge in [0.05, 0.1) is 7.05 Å². The molecule has 2 aromatic carbocycles. The minimum Gasteiger partial charge on any atom is -0.486 e. The van der Waals surface area contributed by atoms with E-state index in [1.165, 1.54) is 10.5 Å². The third-order valence-electron chi connectivity index (χ3n) is 4.58. The number of hydrogen-bond acceptors (Lipinski definition) is 4. The molecule has 26 heavy (non-hydrogen) atoms. The Kier molecular flexibility index (Phi) is 6.06. The predicted molar refractivity (Wildman–Crippen MR) is 104 cm³/mol. The highest BCUT2D eigenvalue weighted by Gasteiger charge is 2.23. The largest absolute Gasteiger partial charge is 0.486 e. The lowest BCUT2D eigenvalue weighted by Gasteiger charge is -2.22. The summed E-state index contributed by atoms with van der Waals surface area (Å²) in [6, 6.07) is 13.8. The van der Waals surface area contributed by atoms with Gasteiger partial charge in [-0.1, -0.05) is 12.1 Å². The number of ether oxygens (including phenoxy) is 2. The van der Waals surface area contributed by atoms with Gasteiger partial charge in [-0.15, -0.1) is 11.8 Å². The summed E-state index contributed by atoms with van der Waals surface area (Å²) < 4.78 is 11.1. The number of quaternary nitrogens is 1. The molecule has 138 valence electrons. The number of carbonyl (C=O) groups excluding carboxylic acids is 1. The Morgan fingerprint density at radius 1 is 1.15 bits per heavy atom. The van der Waals surface area contributed by atoms with E-state index in [1.54, 1.807) is 11.8 Å². The van der Waals surface area contributed by atoms with Crippen LogP contribution in [-0.2, 0) is 11.3 Å². The Hall–Kier alpha value is -2.18. The van der Waals surface area contributed by atoms with Gasteiger partial charge in [0.1, 0.15) is 19.8 Å². The van der Waals surface area contributed by atoms with Crippen LogP contribution < -0.4 is 19.7 Å². The van der Waals surface area contributed by atoms with Gasteiger partial charge in [0.25, 0.3) is 5.91 Å². The molecule has 0 saturated heterocycles. The number of carbonyl (C=O) groups is 1. The van der Waals surface area contributed by atoms with Gasteiger partial charge in [0.2, 0.25) is 0 Å². The number of thioether (sulfide) groups is 1. The molecule has 0 bridgehead atoms. The monoisotopic (exact) mass is 373 g/mol. The molecule has 0 aliphatic carbocycles. The Morgan fingerprint density at radius 2 is 1.85 bits per heavy atom. The molecule has 3 rings (SSSR count). The number of amides is 1. The molecule has 6 heteroatoms. The highest BCUT2D eigenvalue weighted by molar-refractivity contribution is 7.98. The summed E-state index contributed by atoms with van der Waals surface area (Å²) in [5.74, 6) is 1.38. The van der Waals surface area contributed by atoms with E-state index in [9.17, 15) is 4.79 Å². The van der Waals surface area contributed by atoms with E-state index < -0.39 is 0 Å². The number of nitrogens with one attached hydrogen (secondary N) is 2. The molecule has 0 aromatic heterocycles. The van der Waals surface area contributed by atoms with Crippen LogP contribution in [0.15, 0.2) is 47.4 Å². The second-order valence-electron chi connectivity index (χ2n) is 6.44. The molecular weight excluding hydrogens is 348 g/mol. The molecule has 0 saturated carbocycles. The molecule has 0 radical (unpaired) electrons. The lowest BCUT2D eigenvalue weighted by Crippen LogP contribution is -3.12. The topological polar surface area (TPSA) is 52.0 Å². The standard InChI is InChI=1S/C20H24N2O3S/c1-14(22(2)13-15-4-7-17(26-3)8-5-15)20(23)21-16-6-9-18-19(12-16)25-11-10-24-18/h4-9,12,14H,10-11,13H2,1-3H3,(H,21,23)/p+1/t14-/m0/s1. The van der Waals surface area contributed by atoms with Crippen LogP contribution in [0, 0.1) is 0 Å². The van der Waals surface area contributed by atoms with Gasteiger partial charge in [-0.3, -0.25) is 4.79 Å². The predicted octanol–water partition coefficient (Wildman–Crippen LogP) is 2.22. The molecule has 1 unspecified atom stereocenters. The van der Waals surface area contributed by atoms with Crippen LogP contribution in [0.2, 0.25) is 0 Å². The van der Waals surface area contributed by atoms with E-state index in [0.717, 1.165) is 22.9 Å². The molecular formula is C20H25N2O3S+. The second kappa shape index (κ2) is 8.47. The van der Waals surface area contributed by atoms with Gasteiger partial charge in [0.15, 0.2) is 17.5 Å². The second-order valence-corrected chi connectivity index (χ2v) is 7.32. The molecule has 1 amide bonds. The van der Waals surface area contributed by atoms with Crippen molar-refractivity contribution in [2.75, 3.05) is 31.8 Å². The van der Waals surface area contributed by atoms with Gasteiger partial charge < -0.3 is 19.7 Å². The average Bonchev–Trinajstić information content (AvgIpc) is 2.67. The van der Waals surface area contributed by atoms with E-state index in [1.807, 2.05) is 32.2 Å². The Balaban J connectivity index is 1.59. The van der Waals surface area contributed by atoms with Gasteiger partial charge in [-0.05, 0) is 37.4 Å².